The number of aliphatic hydroxyl groups excluding tert-OH is 1. The predicted octanol–water partition coefficient (Wildman–Crippen LogP) is 2.34. The predicted molar refractivity (Wildman–Crippen MR) is 79.4 cm³/mol. The first-order chi connectivity index (χ1) is 10.1. The van der Waals surface area contributed by atoms with E-state index in [0.29, 0.717) is 12.6 Å². The maximum absolute atomic E-state index is 10.9. The fourth-order valence-corrected chi connectivity index (χ4v) is 3.00. The Hall–Kier alpha value is -1.66. The highest BCUT2D eigenvalue weighted by atomic mass is 16.6. The van der Waals surface area contributed by atoms with Gasteiger partial charge in [-0.25, -0.2) is 0 Å². The van der Waals surface area contributed by atoms with Crippen molar-refractivity contribution in [2.24, 2.45) is 0 Å². The standard InChI is InChI=1S/C15H22N2O4/c1-11-4-3-5-13(10-18)16(11)9-12-6-7-14(17(19)20)15(8-12)21-2/h6-8,11,13,18H,3-5,9-10H2,1-2H3. The summed E-state index contributed by atoms with van der Waals surface area (Å²) in [5.74, 6) is 0.280. The zero-order chi connectivity index (χ0) is 15.4. The maximum atomic E-state index is 10.9. The fourth-order valence-electron chi connectivity index (χ4n) is 3.00. The molecule has 6 heteroatoms. The zero-order valence-corrected chi connectivity index (χ0v) is 12.5. The minimum absolute atomic E-state index is 0.0216. The van der Waals surface area contributed by atoms with Gasteiger partial charge in [-0.05, 0) is 31.4 Å². The Bertz CT molecular complexity index is 506. The number of nitrogens with zero attached hydrogens (tertiary/aromatic N) is 2. The second-order valence-corrected chi connectivity index (χ2v) is 5.55. The van der Waals surface area contributed by atoms with Crippen LogP contribution in [0.4, 0.5) is 5.69 Å². The van der Waals surface area contributed by atoms with Crippen molar-refractivity contribution >= 4 is 5.69 Å². The first-order valence-electron chi connectivity index (χ1n) is 7.24. The van der Waals surface area contributed by atoms with E-state index in [1.165, 1.54) is 13.2 Å². The van der Waals surface area contributed by atoms with Gasteiger partial charge in [0.2, 0.25) is 0 Å². The average molecular weight is 294 g/mol. The molecule has 1 fully saturated rings. The van der Waals surface area contributed by atoms with E-state index in [9.17, 15) is 15.2 Å². The summed E-state index contributed by atoms with van der Waals surface area (Å²) in [7, 11) is 1.44. The van der Waals surface area contributed by atoms with Crippen LogP contribution in [0.25, 0.3) is 0 Å². The van der Waals surface area contributed by atoms with E-state index >= 15 is 0 Å². The third-order valence-corrected chi connectivity index (χ3v) is 4.21. The Balaban J connectivity index is 2.20. The van der Waals surface area contributed by atoms with Gasteiger partial charge in [-0.1, -0.05) is 12.5 Å². The van der Waals surface area contributed by atoms with E-state index in [-0.39, 0.29) is 24.1 Å². The molecular formula is C15H22N2O4. The number of rotatable bonds is 5. The van der Waals surface area contributed by atoms with E-state index < -0.39 is 4.92 Å². The van der Waals surface area contributed by atoms with Crippen LogP contribution in [0.15, 0.2) is 18.2 Å². The molecule has 1 aliphatic rings. The van der Waals surface area contributed by atoms with Crippen LogP contribution < -0.4 is 4.74 Å². The number of aliphatic hydroxyl groups is 1. The van der Waals surface area contributed by atoms with Crippen LogP contribution in [0, 0.1) is 10.1 Å². The van der Waals surface area contributed by atoms with Gasteiger partial charge in [-0.15, -0.1) is 0 Å². The number of benzene rings is 1. The molecule has 0 radical (unpaired) electrons. The molecule has 1 aliphatic heterocycles. The van der Waals surface area contributed by atoms with Gasteiger partial charge in [0, 0.05) is 24.7 Å². The largest absolute Gasteiger partial charge is 0.490 e. The lowest BCUT2D eigenvalue weighted by molar-refractivity contribution is -0.385. The summed E-state index contributed by atoms with van der Waals surface area (Å²) in [5, 5.41) is 20.4. The van der Waals surface area contributed by atoms with Crippen LogP contribution in [-0.4, -0.2) is 40.7 Å². The number of nitro benzene ring substituents is 1. The molecule has 2 unspecified atom stereocenters. The first kappa shape index (κ1) is 15.7. The number of likely N-dealkylation sites (tertiary alicyclic amines) is 1. The van der Waals surface area contributed by atoms with Crippen LogP contribution in [0.1, 0.15) is 31.7 Å². The van der Waals surface area contributed by atoms with Gasteiger partial charge in [0.05, 0.1) is 18.6 Å². The fraction of sp³-hybridized carbons (Fsp3) is 0.600. The number of piperidine rings is 1. The Kier molecular flexibility index (Phi) is 5.14. The van der Waals surface area contributed by atoms with Crippen molar-refractivity contribution in [3.63, 3.8) is 0 Å². The Morgan fingerprint density at radius 2 is 2.24 bits per heavy atom. The normalized spacial score (nSPS) is 23.0. The molecule has 1 heterocycles. The number of hydrogen-bond acceptors (Lipinski definition) is 5. The molecule has 1 aromatic rings. The minimum Gasteiger partial charge on any atom is -0.490 e. The van der Waals surface area contributed by atoms with Crippen molar-refractivity contribution < 1.29 is 14.8 Å². The lowest BCUT2D eigenvalue weighted by Crippen LogP contribution is -2.46. The van der Waals surface area contributed by atoms with E-state index in [1.807, 2.05) is 0 Å². The summed E-state index contributed by atoms with van der Waals surface area (Å²) in [6.45, 7) is 2.97. The third-order valence-electron chi connectivity index (χ3n) is 4.21. The number of nitro groups is 1. The molecule has 6 nitrogen and oxygen atoms in total. The van der Waals surface area contributed by atoms with Crippen molar-refractivity contribution in [3.05, 3.63) is 33.9 Å². The van der Waals surface area contributed by atoms with Gasteiger partial charge in [0.25, 0.3) is 0 Å². The molecule has 21 heavy (non-hydrogen) atoms. The molecule has 0 spiro atoms. The molecule has 0 aromatic heterocycles. The van der Waals surface area contributed by atoms with E-state index in [2.05, 4.69) is 11.8 Å². The highest BCUT2D eigenvalue weighted by Gasteiger charge is 2.27. The summed E-state index contributed by atoms with van der Waals surface area (Å²) in [6.07, 6.45) is 3.23. The SMILES string of the molecule is COc1cc(CN2C(C)CCCC2CO)ccc1[N+](=O)[O-]. The van der Waals surface area contributed by atoms with Gasteiger partial charge < -0.3 is 9.84 Å². The molecule has 2 rings (SSSR count). The van der Waals surface area contributed by atoms with Crippen LogP contribution >= 0.6 is 0 Å². The van der Waals surface area contributed by atoms with Gasteiger partial charge in [0.15, 0.2) is 5.75 Å². The van der Waals surface area contributed by atoms with Crippen LogP contribution in [0.2, 0.25) is 0 Å². The monoisotopic (exact) mass is 294 g/mol. The first-order valence-corrected chi connectivity index (χ1v) is 7.24. The van der Waals surface area contributed by atoms with Crippen molar-refractivity contribution in [2.45, 2.75) is 44.8 Å². The molecule has 1 aromatic carbocycles. The molecule has 0 bridgehead atoms. The molecule has 1 N–H and O–H groups in total. The molecule has 1 saturated heterocycles. The van der Waals surface area contributed by atoms with Gasteiger partial charge in [0.1, 0.15) is 0 Å². The van der Waals surface area contributed by atoms with Crippen LogP contribution in [0.5, 0.6) is 5.75 Å². The second kappa shape index (κ2) is 6.87. The van der Waals surface area contributed by atoms with Gasteiger partial charge >= 0.3 is 5.69 Å². The van der Waals surface area contributed by atoms with Crippen molar-refractivity contribution in [3.8, 4) is 5.75 Å². The average Bonchev–Trinajstić information content (AvgIpc) is 2.48. The summed E-state index contributed by atoms with van der Waals surface area (Å²) < 4.78 is 5.11. The van der Waals surface area contributed by atoms with E-state index in [1.54, 1.807) is 12.1 Å². The van der Waals surface area contributed by atoms with Crippen molar-refractivity contribution in [1.29, 1.82) is 0 Å². The summed E-state index contributed by atoms with van der Waals surface area (Å²) in [4.78, 5) is 12.7. The Morgan fingerprint density at radius 3 is 2.86 bits per heavy atom. The number of hydrogen-bond donors (Lipinski definition) is 1. The molecule has 0 saturated carbocycles. The Labute approximate surface area is 124 Å². The maximum Gasteiger partial charge on any atom is 0.310 e. The molecule has 0 aliphatic carbocycles. The smallest absolute Gasteiger partial charge is 0.310 e. The minimum atomic E-state index is -0.442. The topological polar surface area (TPSA) is 75.8 Å². The van der Waals surface area contributed by atoms with Crippen LogP contribution in [0.3, 0.4) is 0 Å². The molecular weight excluding hydrogens is 272 g/mol. The quantitative estimate of drug-likeness (QED) is 0.666. The van der Waals surface area contributed by atoms with Crippen molar-refractivity contribution in [2.75, 3.05) is 13.7 Å². The summed E-state index contributed by atoms with van der Waals surface area (Å²) >= 11 is 0. The van der Waals surface area contributed by atoms with Crippen LogP contribution in [-0.2, 0) is 6.54 Å². The lowest BCUT2D eigenvalue weighted by Gasteiger charge is -2.40. The third kappa shape index (κ3) is 3.51. The Morgan fingerprint density at radius 1 is 1.48 bits per heavy atom. The molecule has 0 amide bonds. The van der Waals surface area contributed by atoms with E-state index in [0.717, 1.165) is 24.8 Å². The molecule has 116 valence electrons. The van der Waals surface area contributed by atoms with E-state index in [4.69, 9.17) is 4.74 Å². The van der Waals surface area contributed by atoms with Gasteiger partial charge in [-0.3, -0.25) is 15.0 Å². The summed E-state index contributed by atoms with van der Waals surface area (Å²) in [6, 6.07) is 5.52. The number of methoxy groups -OCH3 is 1. The zero-order valence-electron chi connectivity index (χ0n) is 12.5. The second-order valence-electron chi connectivity index (χ2n) is 5.55. The van der Waals surface area contributed by atoms with Crippen molar-refractivity contribution in [1.82, 2.24) is 4.90 Å². The lowest BCUT2D eigenvalue weighted by atomic mass is 9.96. The van der Waals surface area contributed by atoms with Gasteiger partial charge in [-0.2, -0.15) is 0 Å². The molecule has 2 atom stereocenters. The highest BCUT2D eigenvalue weighted by Crippen LogP contribution is 2.30. The number of ether oxygens (including phenoxy) is 1. The highest BCUT2D eigenvalue weighted by molar-refractivity contribution is 5.48. The summed E-state index contributed by atoms with van der Waals surface area (Å²) in [5.41, 5.74) is 0.941.